The first-order chi connectivity index (χ1) is 7.96. The summed E-state index contributed by atoms with van der Waals surface area (Å²) in [6, 6.07) is 5.82. The summed E-state index contributed by atoms with van der Waals surface area (Å²) in [4.78, 5) is 11.2. The van der Waals surface area contributed by atoms with Gasteiger partial charge in [0.05, 0.1) is 12.5 Å². The Hall–Kier alpha value is -1.77. The average molecular weight is 232 g/mol. The van der Waals surface area contributed by atoms with Gasteiger partial charge in [0.15, 0.2) is 0 Å². The smallest absolute Gasteiger partial charge is 0.313 e. The van der Waals surface area contributed by atoms with Crippen LogP contribution in [-0.4, -0.2) is 18.2 Å². The van der Waals surface area contributed by atoms with E-state index in [9.17, 15) is 9.90 Å². The molecule has 1 N–H and O–H groups in total. The predicted octanol–water partition coefficient (Wildman–Crippen LogP) is 2.75. The minimum Gasteiger partial charge on any atom is -0.496 e. The number of methoxy groups -OCH3 is 1. The van der Waals surface area contributed by atoms with Crippen LogP contribution in [0.15, 0.2) is 23.8 Å². The highest BCUT2D eigenvalue weighted by Gasteiger charge is 2.34. The van der Waals surface area contributed by atoms with E-state index >= 15 is 0 Å². The Kier molecular flexibility index (Phi) is 2.69. The number of benzene rings is 1. The average Bonchev–Trinajstić information content (AvgIpc) is 2.72. The lowest BCUT2D eigenvalue weighted by molar-refractivity contribution is -0.144. The van der Waals surface area contributed by atoms with Gasteiger partial charge in [0.1, 0.15) is 5.75 Å². The van der Waals surface area contributed by atoms with Crippen LogP contribution in [0.4, 0.5) is 0 Å². The molecular formula is C14H16O3. The van der Waals surface area contributed by atoms with Crippen LogP contribution in [0.3, 0.4) is 0 Å². The van der Waals surface area contributed by atoms with Gasteiger partial charge in [-0.15, -0.1) is 0 Å². The second-order valence-electron chi connectivity index (χ2n) is 4.80. The molecular weight excluding hydrogens is 216 g/mol. The quantitative estimate of drug-likeness (QED) is 0.871. The van der Waals surface area contributed by atoms with Crippen LogP contribution >= 0.6 is 0 Å². The Morgan fingerprint density at radius 2 is 2.12 bits per heavy atom. The highest BCUT2D eigenvalue weighted by Crippen LogP contribution is 2.40. The summed E-state index contributed by atoms with van der Waals surface area (Å²) in [6.07, 6.45) is 2.62. The van der Waals surface area contributed by atoms with E-state index in [1.54, 1.807) is 21.0 Å². The number of carboxylic acids is 1. The van der Waals surface area contributed by atoms with Crippen molar-refractivity contribution in [1.29, 1.82) is 0 Å². The first-order valence-corrected chi connectivity index (χ1v) is 5.57. The van der Waals surface area contributed by atoms with Gasteiger partial charge in [0.2, 0.25) is 0 Å². The van der Waals surface area contributed by atoms with Crippen molar-refractivity contribution < 1.29 is 14.6 Å². The van der Waals surface area contributed by atoms with E-state index in [1.165, 1.54) is 0 Å². The number of fused-ring (bicyclic) bond motifs is 1. The molecule has 0 amide bonds. The lowest BCUT2D eigenvalue weighted by Gasteiger charge is -2.20. The molecule has 17 heavy (non-hydrogen) atoms. The number of hydrogen-bond donors (Lipinski definition) is 1. The molecule has 3 nitrogen and oxygen atoms in total. The molecule has 2 rings (SSSR count). The van der Waals surface area contributed by atoms with Crippen LogP contribution in [0, 0.1) is 5.41 Å². The van der Waals surface area contributed by atoms with Crippen molar-refractivity contribution in [2.75, 3.05) is 7.11 Å². The number of rotatable bonds is 3. The zero-order chi connectivity index (χ0) is 12.6. The van der Waals surface area contributed by atoms with Crippen LogP contribution in [0.1, 0.15) is 25.0 Å². The molecule has 0 bridgehead atoms. The molecule has 0 aliphatic heterocycles. The molecule has 0 saturated carbocycles. The van der Waals surface area contributed by atoms with Gasteiger partial charge in [-0.25, -0.2) is 0 Å². The first-order valence-electron chi connectivity index (χ1n) is 5.57. The molecule has 0 heterocycles. The molecule has 90 valence electrons. The van der Waals surface area contributed by atoms with E-state index in [1.807, 2.05) is 24.3 Å². The van der Waals surface area contributed by atoms with Crippen LogP contribution in [0.25, 0.3) is 6.08 Å². The molecule has 0 saturated heterocycles. The van der Waals surface area contributed by atoms with Crippen molar-refractivity contribution >= 4 is 12.0 Å². The third-order valence-electron chi connectivity index (χ3n) is 3.42. The summed E-state index contributed by atoms with van der Waals surface area (Å²) in [5.41, 5.74) is 2.24. The fourth-order valence-corrected chi connectivity index (χ4v) is 2.07. The zero-order valence-electron chi connectivity index (χ0n) is 10.3. The maximum absolute atomic E-state index is 11.2. The molecule has 0 fully saturated rings. The van der Waals surface area contributed by atoms with Gasteiger partial charge in [-0.1, -0.05) is 18.2 Å². The number of carbonyl (C=O) groups is 1. The van der Waals surface area contributed by atoms with Gasteiger partial charge in [0, 0.05) is 5.56 Å². The molecule has 0 aromatic heterocycles. The third kappa shape index (κ3) is 1.82. The molecule has 1 aromatic carbocycles. The van der Waals surface area contributed by atoms with Crippen molar-refractivity contribution in [3.05, 3.63) is 34.9 Å². The second-order valence-corrected chi connectivity index (χ2v) is 4.80. The fraction of sp³-hybridized carbons (Fsp3) is 0.357. The van der Waals surface area contributed by atoms with Crippen LogP contribution in [0.5, 0.6) is 5.75 Å². The predicted molar refractivity (Wildman–Crippen MR) is 66.1 cm³/mol. The van der Waals surface area contributed by atoms with Gasteiger partial charge in [-0.2, -0.15) is 0 Å². The van der Waals surface area contributed by atoms with Crippen molar-refractivity contribution in [2.24, 2.45) is 5.41 Å². The van der Waals surface area contributed by atoms with Crippen molar-refractivity contribution in [3.8, 4) is 5.75 Å². The summed E-state index contributed by atoms with van der Waals surface area (Å²) in [7, 11) is 1.63. The lowest BCUT2D eigenvalue weighted by atomic mass is 9.83. The molecule has 1 aliphatic carbocycles. The maximum Gasteiger partial charge on any atom is 0.313 e. The van der Waals surface area contributed by atoms with Crippen molar-refractivity contribution in [3.63, 3.8) is 0 Å². The Morgan fingerprint density at radius 1 is 1.41 bits per heavy atom. The summed E-state index contributed by atoms with van der Waals surface area (Å²) < 4.78 is 5.30. The van der Waals surface area contributed by atoms with Crippen LogP contribution in [0.2, 0.25) is 0 Å². The van der Waals surface area contributed by atoms with E-state index in [-0.39, 0.29) is 0 Å². The Bertz CT molecular complexity index is 498. The number of aliphatic carboxylic acids is 1. The summed E-state index contributed by atoms with van der Waals surface area (Å²) >= 11 is 0. The minimum atomic E-state index is -0.829. The highest BCUT2D eigenvalue weighted by atomic mass is 16.5. The molecule has 0 atom stereocenters. The first kappa shape index (κ1) is 11.7. The van der Waals surface area contributed by atoms with Gasteiger partial charge in [-0.3, -0.25) is 4.79 Å². The topological polar surface area (TPSA) is 46.5 Å². The molecule has 1 aliphatic rings. The standard InChI is InChI=1S/C14H16O3/c1-14(2,13(15)16)10-7-9-5-4-6-12(17-3)11(9)8-10/h4-7H,8H2,1-3H3,(H,15,16). The summed E-state index contributed by atoms with van der Waals surface area (Å²) in [5.74, 6) is 0.0328. The van der Waals surface area contributed by atoms with E-state index in [2.05, 4.69) is 0 Å². The van der Waals surface area contributed by atoms with Gasteiger partial charge >= 0.3 is 5.97 Å². The van der Waals surface area contributed by atoms with Crippen LogP contribution < -0.4 is 4.74 Å². The molecule has 1 aromatic rings. The largest absolute Gasteiger partial charge is 0.496 e. The van der Waals surface area contributed by atoms with Crippen LogP contribution in [-0.2, 0) is 11.2 Å². The normalized spacial score (nSPS) is 14.2. The summed E-state index contributed by atoms with van der Waals surface area (Å²) in [5, 5.41) is 9.24. The minimum absolute atomic E-state index is 0.651. The van der Waals surface area contributed by atoms with E-state index in [0.29, 0.717) is 6.42 Å². The second kappa shape index (κ2) is 3.91. The number of carboxylic acid groups (broad SMARTS) is 1. The third-order valence-corrected chi connectivity index (χ3v) is 3.42. The number of ether oxygens (including phenoxy) is 1. The monoisotopic (exact) mass is 232 g/mol. The van der Waals surface area contributed by atoms with Gasteiger partial charge in [-0.05, 0) is 37.5 Å². The fourth-order valence-electron chi connectivity index (χ4n) is 2.07. The molecule has 3 heteroatoms. The summed E-state index contributed by atoms with van der Waals surface area (Å²) in [6.45, 7) is 3.47. The Morgan fingerprint density at radius 3 is 2.71 bits per heavy atom. The Labute approximate surface area is 101 Å². The van der Waals surface area contributed by atoms with Gasteiger partial charge in [0.25, 0.3) is 0 Å². The maximum atomic E-state index is 11.2. The lowest BCUT2D eigenvalue weighted by Crippen LogP contribution is -2.26. The van der Waals surface area contributed by atoms with E-state index < -0.39 is 11.4 Å². The van der Waals surface area contributed by atoms with Crippen molar-refractivity contribution in [1.82, 2.24) is 0 Å². The highest BCUT2D eigenvalue weighted by molar-refractivity contribution is 5.82. The number of hydrogen-bond acceptors (Lipinski definition) is 2. The molecule has 0 spiro atoms. The SMILES string of the molecule is COc1cccc2c1CC(C(C)(C)C(=O)O)=C2. The van der Waals surface area contributed by atoms with Gasteiger partial charge < -0.3 is 9.84 Å². The van der Waals surface area contributed by atoms with E-state index in [0.717, 1.165) is 22.4 Å². The Balaban J connectivity index is 2.40. The van der Waals surface area contributed by atoms with E-state index in [4.69, 9.17) is 4.74 Å². The van der Waals surface area contributed by atoms with Crippen molar-refractivity contribution in [2.45, 2.75) is 20.3 Å². The molecule has 0 unspecified atom stereocenters. The molecule has 0 radical (unpaired) electrons. The zero-order valence-corrected chi connectivity index (χ0v) is 10.3.